The lowest BCUT2D eigenvalue weighted by atomic mass is 9.99. The van der Waals surface area contributed by atoms with Crippen molar-refractivity contribution < 1.29 is 14.3 Å². The van der Waals surface area contributed by atoms with Gasteiger partial charge in [-0.2, -0.15) is 0 Å². The van der Waals surface area contributed by atoms with E-state index in [0.717, 1.165) is 5.56 Å². The molecule has 0 saturated heterocycles. The minimum Gasteiger partial charge on any atom is -0.476 e. The van der Waals surface area contributed by atoms with E-state index in [-0.39, 0.29) is 11.1 Å². The molecule has 33 heavy (non-hydrogen) atoms. The van der Waals surface area contributed by atoms with Crippen LogP contribution in [0.2, 0.25) is 0 Å². The Hall–Kier alpha value is -4.18. The first kappa shape index (κ1) is 23.5. The monoisotopic (exact) mass is 443 g/mol. The zero-order valence-corrected chi connectivity index (χ0v) is 19.2. The lowest BCUT2D eigenvalue weighted by Crippen LogP contribution is -2.16. The van der Waals surface area contributed by atoms with E-state index < -0.39 is 12.0 Å². The highest BCUT2D eigenvalue weighted by atomic mass is 16.4. The molecule has 0 aliphatic rings. The molecule has 0 saturated carbocycles. The maximum Gasteiger partial charge on any atom is 0.356 e. The predicted molar refractivity (Wildman–Crippen MR) is 130 cm³/mol. The number of nitrogens with one attached hydrogen (secondary N) is 1. The lowest BCUT2D eigenvalue weighted by molar-refractivity contribution is 0.0691. The summed E-state index contributed by atoms with van der Waals surface area (Å²) in [7, 11) is 1.60. The van der Waals surface area contributed by atoms with E-state index in [4.69, 9.17) is 10.8 Å². The number of rotatable bonds is 6. The van der Waals surface area contributed by atoms with Crippen LogP contribution >= 0.6 is 0 Å². The summed E-state index contributed by atoms with van der Waals surface area (Å²) in [5.41, 5.74) is 3.60. The number of carboxylic acids is 1. The molecule has 3 aromatic rings. The molecule has 0 spiro atoms. The predicted octanol–water partition coefficient (Wildman–Crippen LogP) is 4.59. The van der Waals surface area contributed by atoms with E-state index in [1.165, 1.54) is 6.08 Å². The molecule has 1 atom stereocenters. The van der Waals surface area contributed by atoms with Crippen molar-refractivity contribution in [2.45, 2.75) is 33.7 Å². The van der Waals surface area contributed by atoms with Gasteiger partial charge in [-0.25, -0.2) is 9.78 Å². The summed E-state index contributed by atoms with van der Waals surface area (Å²) in [5.74, 6) is 1.62. The number of fused-ring (bicyclic) bond motifs is 1. The second kappa shape index (κ2) is 9.53. The van der Waals surface area contributed by atoms with Crippen molar-refractivity contribution in [3.63, 3.8) is 0 Å². The van der Waals surface area contributed by atoms with Gasteiger partial charge in [0.25, 0.3) is 0 Å². The number of aromatic nitrogens is 1. The Labute approximate surface area is 191 Å². The molecular formula is C26H25N3O4. The maximum atomic E-state index is 13.2. The highest BCUT2D eigenvalue weighted by Crippen LogP contribution is 2.30. The van der Waals surface area contributed by atoms with E-state index in [2.05, 4.69) is 21.2 Å². The molecule has 1 unspecified atom stereocenters. The van der Waals surface area contributed by atoms with Gasteiger partial charge in [0.05, 0.1) is 17.1 Å². The summed E-state index contributed by atoms with van der Waals surface area (Å²) < 4.78 is 6.24. The Morgan fingerprint density at radius 1 is 1.30 bits per heavy atom. The van der Waals surface area contributed by atoms with E-state index in [0.29, 0.717) is 44.9 Å². The van der Waals surface area contributed by atoms with Gasteiger partial charge >= 0.3 is 5.97 Å². The number of carboxylic acid groups (broad SMARTS) is 1. The number of pyridine rings is 1. The first-order chi connectivity index (χ1) is 15.7. The van der Waals surface area contributed by atoms with E-state index in [1.807, 2.05) is 19.9 Å². The van der Waals surface area contributed by atoms with Crippen molar-refractivity contribution in [3.05, 3.63) is 80.5 Å². The van der Waals surface area contributed by atoms with Crippen molar-refractivity contribution in [3.8, 4) is 12.3 Å². The molecule has 168 valence electrons. The molecule has 0 amide bonds. The van der Waals surface area contributed by atoms with Crippen LogP contribution < -0.4 is 10.7 Å². The molecule has 7 nitrogen and oxygen atoms in total. The number of aromatic carboxylic acids is 1. The van der Waals surface area contributed by atoms with Gasteiger partial charge in [-0.1, -0.05) is 12.0 Å². The number of aryl methyl sites for hydroxylation is 2. The molecule has 2 heterocycles. The number of hydrogen-bond acceptors (Lipinski definition) is 6. The normalized spacial score (nSPS) is 12.7. The number of hydrogen-bond donors (Lipinski definition) is 2. The number of benzene rings is 1. The third-order valence-corrected chi connectivity index (χ3v) is 5.28. The molecule has 2 N–H and O–H groups in total. The number of nitrogens with zero attached hydrogens (tertiary/aromatic N) is 2. The van der Waals surface area contributed by atoms with E-state index in [1.54, 1.807) is 45.2 Å². The van der Waals surface area contributed by atoms with Gasteiger partial charge in [0.1, 0.15) is 11.3 Å². The smallest absolute Gasteiger partial charge is 0.356 e. The maximum absolute atomic E-state index is 13.2. The Morgan fingerprint density at radius 2 is 2.03 bits per heavy atom. The summed E-state index contributed by atoms with van der Waals surface area (Å²) in [5, 5.41) is 13.2. The molecule has 0 radical (unpaired) electrons. The molecule has 2 aromatic heterocycles. The molecule has 3 rings (SSSR count). The fraction of sp³-hybridized carbons (Fsp3) is 0.231. The zero-order valence-electron chi connectivity index (χ0n) is 19.2. The van der Waals surface area contributed by atoms with Crippen molar-refractivity contribution in [2.24, 2.45) is 4.99 Å². The lowest BCUT2D eigenvalue weighted by Gasteiger charge is -2.19. The van der Waals surface area contributed by atoms with Crippen molar-refractivity contribution in [2.75, 3.05) is 12.4 Å². The van der Waals surface area contributed by atoms with Crippen LogP contribution in [0.25, 0.3) is 11.0 Å². The largest absolute Gasteiger partial charge is 0.476 e. The van der Waals surface area contributed by atoms with Gasteiger partial charge in [0.2, 0.25) is 0 Å². The quantitative estimate of drug-likeness (QED) is 0.426. The Bertz CT molecular complexity index is 1410. The molecule has 1 aromatic carbocycles. The third kappa shape index (κ3) is 4.70. The molecule has 0 aliphatic carbocycles. The number of carbonyl (C=O) groups is 1. The van der Waals surface area contributed by atoms with Crippen LogP contribution in [0.5, 0.6) is 0 Å². The summed E-state index contributed by atoms with van der Waals surface area (Å²) >= 11 is 0. The van der Waals surface area contributed by atoms with Crippen molar-refractivity contribution in [1.82, 2.24) is 4.98 Å². The number of aliphatic imine (C=N–C) groups is 1. The molecule has 0 bridgehead atoms. The van der Waals surface area contributed by atoms with Gasteiger partial charge < -0.3 is 14.8 Å². The summed E-state index contributed by atoms with van der Waals surface area (Å²) in [4.78, 5) is 33.2. The number of anilines is 1. The Balaban J connectivity index is 2.21. The van der Waals surface area contributed by atoms with Gasteiger partial charge in [0, 0.05) is 23.9 Å². The van der Waals surface area contributed by atoms with Gasteiger partial charge in [-0.3, -0.25) is 9.79 Å². The number of terminal acetylenes is 1. The van der Waals surface area contributed by atoms with Crippen LogP contribution in [-0.4, -0.2) is 28.8 Å². The Kier molecular flexibility index (Phi) is 6.78. The average molecular weight is 444 g/mol. The standard InChI is InChI=1S/C26H25N3O4/c1-7-8-9-21(27-6)24-16(4)23(30)19-13-14(2)12-18(25(19)33-24)17(5)29-20-11-10-15(3)28-22(20)26(31)32/h1,8-13,17,29H,2-6H3,(H,31,32)/b9-8-,27-21+. The minimum absolute atomic E-state index is 0.0726. The zero-order chi connectivity index (χ0) is 24.3. The van der Waals surface area contributed by atoms with Gasteiger partial charge in [-0.05, 0) is 63.6 Å². The van der Waals surface area contributed by atoms with E-state index >= 15 is 0 Å². The first-order valence-corrected chi connectivity index (χ1v) is 10.3. The Morgan fingerprint density at radius 3 is 2.67 bits per heavy atom. The van der Waals surface area contributed by atoms with Crippen molar-refractivity contribution in [1.29, 1.82) is 0 Å². The second-order valence-electron chi connectivity index (χ2n) is 7.74. The van der Waals surface area contributed by atoms with Gasteiger partial charge in [0.15, 0.2) is 16.9 Å². The molecule has 7 heteroatoms. The fourth-order valence-corrected chi connectivity index (χ4v) is 3.66. The molecule has 0 aliphatic heterocycles. The van der Waals surface area contributed by atoms with E-state index in [9.17, 15) is 14.7 Å². The minimum atomic E-state index is -1.13. The third-order valence-electron chi connectivity index (χ3n) is 5.28. The average Bonchev–Trinajstić information content (AvgIpc) is 2.78. The SMILES string of the molecule is C#C/C=C\C(=N/C)c1oc2c(C(C)Nc3ccc(C)nc3C(=O)O)cc(C)cc2c(=O)c1C. The molecule has 0 fully saturated rings. The van der Waals surface area contributed by atoms with Crippen LogP contribution in [0.1, 0.15) is 51.6 Å². The van der Waals surface area contributed by atoms with Gasteiger partial charge in [-0.15, -0.1) is 6.42 Å². The number of allylic oxidation sites excluding steroid dienone is 2. The first-order valence-electron chi connectivity index (χ1n) is 10.3. The molecular weight excluding hydrogens is 418 g/mol. The summed E-state index contributed by atoms with van der Waals surface area (Å²) in [6.45, 7) is 7.18. The fourth-order valence-electron chi connectivity index (χ4n) is 3.66. The topological polar surface area (TPSA) is 105 Å². The highest BCUT2D eigenvalue weighted by molar-refractivity contribution is 6.08. The van der Waals surface area contributed by atoms with Crippen molar-refractivity contribution >= 4 is 28.3 Å². The summed E-state index contributed by atoms with van der Waals surface area (Å²) in [6.07, 6.45) is 8.43. The summed E-state index contributed by atoms with van der Waals surface area (Å²) in [6, 6.07) is 6.71. The second-order valence-corrected chi connectivity index (χ2v) is 7.74. The van der Waals surface area contributed by atoms with Crippen LogP contribution in [-0.2, 0) is 0 Å². The van der Waals surface area contributed by atoms with Crippen LogP contribution in [0.15, 0.2) is 50.6 Å². The van der Waals surface area contributed by atoms with Crippen LogP contribution in [0, 0.1) is 33.1 Å². The van der Waals surface area contributed by atoms with Crippen LogP contribution in [0.4, 0.5) is 5.69 Å². The highest BCUT2D eigenvalue weighted by Gasteiger charge is 2.21. The van der Waals surface area contributed by atoms with Crippen LogP contribution in [0.3, 0.4) is 0 Å².